The van der Waals surface area contributed by atoms with E-state index in [1.54, 1.807) is 12.1 Å². The maximum Gasteiger partial charge on any atom is 0.255 e. The van der Waals surface area contributed by atoms with Crippen molar-refractivity contribution in [3.8, 4) is 0 Å². The molecule has 21 heavy (non-hydrogen) atoms. The Kier molecular flexibility index (Phi) is 6.52. The van der Waals surface area contributed by atoms with Crippen LogP contribution in [0.2, 0.25) is 5.02 Å². The Bertz CT molecular complexity index is 489. The van der Waals surface area contributed by atoms with Crippen LogP contribution in [-0.4, -0.2) is 36.5 Å². The van der Waals surface area contributed by atoms with Gasteiger partial charge in [0.1, 0.15) is 0 Å². The van der Waals surface area contributed by atoms with Crippen LogP contribution in [0.4, 0.5) is 0 Å². The smallest absolute Gasteiger partial charge is 0.255 e. The fourth-order valence-corrected chi connectivity index (χ4v) is 3.39. The lowest BCUT2D eigenvalue weighted by atomic mass is 10.1. The Labute approximate surface area is 140 Å². The molecule has 0 bridgehead atoms. The molecule has 1 amide bonds. The molecule has 3 nitrogen and oxygen atoms in total. The molecule has 1 aliphatic heterocycles. The highest BCUT2D eigenvalue weighted by molar-refractivity contribution is 9.10. The van der Waals surface area contributed by atoms with Crippen molar-refractivity contribution in [1.82, 2.24) is 10.2 Å². The molecule has 1 atom stereocenters. The van der Waals surface area contributed by atoms with Gasteiger partial charge in [0, 0.05) is 23.6 Å². The van der Waals surface area contributed by atoms with Crippen LogP contribution in [-0.2, 0) is 0 Å². The number of carbonyl (C=O) groups is 1. The van der Waals surface area contributed by atoms with E-state index >= 15 is 0 Å². The summed E-state index contributed by atoms with van der Waals surface area (Å²) in [6.07, 6.45) is 4.44. The van der Waals surface area contributed by atoms with Crippen LogP contribution in [0, 0.1) is 0 Å². The molecule has 0 aromatic heterocycles. The van der Waals surface area contributed by atoms with Crippen molar-refractivity contribution in [3.63, 3.8) is 0 Å². The second-order valence-electron chi connectivity index (χ2n) is 5.52. The van der Waals surface area contributed by atoms with Crippen molar-refractivity contribution in [2.24, 2.45) is 0 Å². The van der Waals surface area contributed by atoms with Crippen molar-refractivity contribution in [3.05, 3.63) is 33.3 Å². The molecule has 116 valence electrons. The molecule has 0 radical (unpaired) electrons. The number of nitrogens with one attached hydrogen (secondary N) is 1. The minimum atomic E-state index is 0.0367. The predicted molar refractivity (Wildman–Crippen MR) is 91.0 cm³/mol. The van der Waals surface area contributed by atoms with Gasteiger partial charge in [0.15, 0.2) is 0 Å². The second-order valence-corrected chi connectivity index (χ2v) is 6.85. The van der Waals surface area contributed by atoms with Gasteiger partial charge in [-0.3, -0.25) is 4.79 Å². The Morgan fingerprint density at radius 2 is 2.33 bits per heavy atom. The highest BCUT2D eigenvalue weighted by atomic mass is 79.9. The van der Waals surface area contributed by atoms with Crippen molar-refractivity contribution < 1.29 is 4.79 Å². The number of nitrogens with zero attached hydrogens (tertiary/aromatic N) is 1. The Morgan fingerprint density at radius 3 is 2.95 bits per heavy atom. The molecule has 5 heteroatoms. The second kappa shape index (κ2) is 8.16. The van der Waals surface area contributed by atoms with E-state index in [9.17, 15) is 4.79 Å². The number of hydrogen-bond donors (Lipinski definition) is 1. The molecule has 0 saturated carbocycles. The molecule has 1 aromatic rings. The number of rotatable bonds is 6. The molecular formula is C16H22BrClN2O. The maximum absolute atomic E-state index is 12.8. The van der Waals surface area contributed by atoms with Crippen molar-refractivity contribution >= 4 is 33.4 Å². The van der Waals surface area contributed by atoms with Crippen LogP contribution in [0.15, 0.2) is 22.7 Å². The minimum Gasteiger partial charge on any atom is -0.337 e. The molecule has 1 N–H and O–H groups in total. The molecule has 1 fully saturated rings. The summed E-state index contributed by atoms with van der Waals surface area (Å²) < 4.78 is 0.890. The Balaban J connectivity index is 2.11. The Hall–Kier alpha value is -0.580. The van der Waals surface area contributed by atoms with E-state index in [0.29, 0.717) is 16.6 Å². The highest BCUT2D eigenvalue weighted by Crippen LogP contribution is 2.23. The van der Waals surface area contributed by atoms with Gasteiger partial charge in [-0.15, -0.1) is 0 Å². The molecule has 1 aromatic carbocycles. The van der Waals surface area contributed by atoms with E-state index in [-0.39, 0.29) is 5.91 Å². The summed E-state index contributed by atoms with van der Waals surface area (Å²) in [6.45, 7) is 4.76. The average molecular weight is 374 g/mol. The number of unbranched alkanes of at least 4 members (excludes halogenated alkanes) is 1. The van der Waals surface area contributed by atoms with Crippen LogP contribution in [0.25, 0.3) is 0 Å². The summed E-state index contributed by atoms with van der Waals surface area (Å²) in [4.78, 5) is 14.7. The molecular weight excluding hydrogens is 352 g/mol. The molecule has 0 aliphatic carbocycles. The molecule has 1 aliphatic rings. The zero-order chi connectivity index (χ0) is 15.2. The van der Waals surface area contributed by atoms with Gasteiger partial charge in [0.2, 0.25) is 0 Å². The summed E-state index contributed by atoms with van der Waals surface area (Å²) >= 11 is 9.60. The minimum absolute atomic E-state index is 0.0367. The molecule has 1 unspecified atom stereocenters. The van der Waals surface area contributed by atoms with E-state index in [1.165, 1.54) is 6.42 Å². The first kappa shape index (κ1) is 16.8. The van der Waals surface area contributed by atoms with Crippen LogP contribution >= 0.6 is 27.5 Å². The largest absolute Gasteiger partial charge is 0.337 e. The quantitative estimate of drug-likeness (QED) is 0.814. The van der Waals surface area contributed by atoms with Crippen molar-refractivity contribution in [2.75, 3.05) is 19.6 Å². The van der Waals surface area contributed by atoms with E-state index in [1.807, 2.05) is 11.0 Å². The zero-order valence-corrected chi connectivity index (χ0v) is 14.7. The van der Waals surface area contributed by atoms with Gasteiger partial charge in [-0.1, -0.05) is 40.9 Å². The summed E-state index contributed by atoms with van der Waals surface area (Å²) in [5.41, 5.74) is 0.592. The van der Waals surface area contributed by atoms with E-state index in [2.05, 4.69) is 28.2 Å². The van der Waals surface area contributed by atoms with Crippen LogP contribution in [0.1, 0.15) is 43.0 Å². The van der Waals surface area contributed by atoms with Gasteiger partial charge < -0.3 is 10.2 Å². The third kappa shape index (κ3) is 4.70. The number of benzene rings is 1. The average Bonchev–Trinajstić information content (AvgIpc) is 2.95. The molecule has 2 rings (SSSR count). The van der Waals surface area contributed by atoms with Gasteiger partial charge in [-0.2, -0.15) is 0 Å². The first-order valence-corrected chi connectivity index (χ1v) is 8.76. The number of hydrogen-bond acceptors (Lipinski definition) is 2. The third-order valence-electron chi connectivity index (χ3n) is 3.83. The van der Waals surface area contributed by atoms with Gasteiger partial charge in [-0.25, -0.2) is 0 Å². The summed E-state index contributed by atoms with van der Waals surface area (Å²) in [6, 6.07) is 5.86. The molecule has 0 spiro atoms. The summed E-state index contributed by atoms with van der Waals surface area (Å²) in [5.74, 6) is 0.0367. The Morgan fingerprint density at radius 1 is 1.52 bits per heavy atom. The van der Waals surface area contributed by atoms with E-state index < -0.39 is 0 Å². The lowest BCUT2D eigenvalue weighted by molar-refractivity contribution is 0.0739. The lowest BCUT2D eigenvalue weighted by Crippen LogP contribution is -2.41. The molecule has 1 heterocycles. The van der Waals surface area contributed by atoms with E-state index in [0.717, 1.165) is 43.4 Å². The standard InChI is InChI=1S/C16H22BrClN2O/c1-2-3-9-20(11-13-5-4-8-19-13)16(21)14-7-6-12(17)10-15(14)18/h6-7,10,13,19H,2-5,8-9,11H2,1H3. The van der Waals surface area contributed by atoms with E-state index in [4.69, 9.17) is 11.6 Å². The fraction of sp³-hybridized carbons (Fsp3) is 0.562. The SMILES string of the molecule is CCCCN(CC1CCCN1)C(=O)c1ccc(Br)cc1Cl. The topological polar surface area (TPSA) is 32.3 Å². The van der Waals surface area contributed by atoms with Crippen LogP contribution < -0.4 is 5.32 Å². The highest BCUT2D eigenvalue weighted by Gasteiger charge is 2.23. The molecule has 1 saturated heterocycles. The number of halogens is 2. The van der Waals surface area contributed by atoms with Crippen LogP contribution in [0.5, 0.6) is 0 Å². The summed E-state index contributed by atoms with van der Waals surface area (Å²) in [7, 11) is 0. The normalized spacial score (nSPS) is 18.0. The first-order chi connectivity index (χ1) is 10.1. The van der Waals surface area contributed by atoms with Gasteiger partial charge in [-0.05, 0) is 44.0 Å². The number of carbonyl (C=O) groups excluding carboxylic acids is 1. The maximum atomic E-state index is 12.8. The van der Waals surface area contributed by atoms with Crippen LogP contribution in [0.3, 0.4) is 0 Å². The van der Waals surface area contributed by atoms with Gasteiger partial charge >= 0.3 is 0 Å². The number of amides is 1. The fourth-order valence-electron chi connectivity index (χ4n) is 2.64. The van der Waals surface area contributed by atoms with Gasteiger partial charge in [0.05, 0.1) is 10.6 Å². The predicted octanol–water partition coefficient (Wildman–Crippen LogP) is 4.10. The van der Waals surface area contributed by atoms with Crippen molar-refractivity contribution in [1.29, 1.82) is 0 Å². The monoisotopic (exact) mass is 372 g/mol. The van der Waals surface area contributed by atoms with Crippen molar-refractivity contribution in [2.45, 2.75) is 38.6 Å². The zero-order valence-electron chi connectivity index (χ0n) is 12.4. The summed E-state index contributed by atoms with van der Waals surface area (Å²) in [5, 5.41) is 3.97. The lowest BCUT2D eigenvalue weighted by Gasteiger charge is -2.26. The first-order valence-electron chi connectivity index (χ1n) is 7.59. The van der Waals surface area contributed by atoms with Gasteiger partial charge in [0.25, 0.3) is 5.91 Å². The third-order valence-corrected chi connectivity index (χ3v) is 4.64.